The average Bonchev–Trinajstić information content (AvgIpc) is 2.29. The fourth-order valence-corrected chi connectivity index (χ4v) is 1.47. The maximum absolute atomic E-state index is 11.6. The number of aryl methyl sites for hydroxylation is 1. The van der Waals surface area contributed by atoms with Crippen molar-refractivity contribution in [2.75, 3.05) is 6.61 Å². The molecule has 1 heterocycles. The number of hydrogen-bond donors (Lipinski definition) is 0. The standard InChI is InChI=1S/C11H11N3O4/c1-3-18-11(15)8(6-12)9-10(14(16)17)7(2)4-5-13-9/h4-5,8H,3H2,1-2H3. The molecule has 7 nitrogen and oxygen atoms in total. The largest absolute Gasteiger partial charge is 0.465 e. The number of esters is 1. The fraction of sp³-hybridized carbons (Fsp3) is 0.364. The quantitative estimate of drug-likeness (QED) is 0.454. The Balaban J connectivity index is 3.31. The monoisotopic (exact) mass is 249 g/mol. The number of carbonyl (C=O) groups is 1. The van der Waals surface area contributed by atoms with E-state index in [0.29, 0.717) is 5.56 Å². The third kappa shape index (κ3) is 2.60. The van der Waals surface area contributed by atoms with Crippen LogP contribution in [0.15, 0.2) is 12.3 Å². The number of nitrogens with zero attached hydrogens (tertiary/aromatic N) is 3. The van der Waals surface area contributed by atoms with Gasteiger partial charge in [-0.15, -0.1) is 0 Å². The maximum Gasteiger partial charge on any atom is 0.329 e. The van der Waals surface area contributed by atoms with Gasteiger partial charge in [-0.05, 0) is 19.9 Å². The van der Waals surface area contributed by atoms with Crippen LogP contribution in [-0.2, 0) is 9.53 Å². The molecule has 0 fully saturated rings. The van der Waals surface area contributed by atoms with Crippen LogP contribution in [-0.4, -0.2) is 22.5 Å². The van der Waals surface area contributed by atoms with Crippen LogP contribution in [0.3, 0.4) is 0 Å². The second kappa shape index (κ2) is 5.72. The first kappa shape index (κ1) is 13.6. The summed E-state index contributed by atoms with van der Waals surface area (Å²) in [4.78, 5) is 25.6. The topological polar surface area (TPSA) is 106 Å². The van der Waals surface area contributed by atoms with E-state index >= 15 is 0 Å². The lowest BCUT2D eigenvalue weighted by molar-refractivity contribution is -0.386. The van der Waals surface area contributed by atoms with Crippen LogP contribution in [0.5, 0.6) is 0 Å². The van der Waals surface area contributed by atoms with Crippen LogP contribution in [0.4, 0.5) is 5.69 Å². The Morgan fingerprint density at radius 1 is 1.72 bits per heavy atom. The molecule has 0 saturated carbocycles. The van der Waals surface area contributed by atoms with Gasteiger partial charge in [-0.25, -0.2) is 0 Å². The normalized spacial score (nSPS) is 11.4. The van der Waals surface area contributed by atoms with Crippen molar-refractivity contribution < 1.29 is 14.5 Å². The van der Waals surface area contributed by atoms with E-state index in [1.807, 2.05) is 0 Å². The highest BCUT2D eigenvalue weighted by atomic mass is 16.6. The fourth-order valence-electron chi connectivity index (χ4n) is 1.47. The predicted octanol–water partition coefficient (Wildman–Crippen LogP) is 1.47. The molecule has 1 unspecified atom stereocenters. The second-order valence-corrected chi connectivity index (χ2v) is 3.43. The van der Waals surface area contributed by atoms with Gasteiger partial charge in [0.15, 0.2) is 5.92 Å². The summed E-state index contributed by atoms with van der Waals surface area (Å²) in [7, 11) is 0. The third-order valence-electron chi connectivity index (χ3n) is 2.26. The van der Waals surface area contributed by atoms with Gasteiger partial charge < -0.3 is 4.74 Å². The van der Waals surface area contributed by atoms with Gasteiger partial charge >= 0.3 is 5.97 Å². The molecular weight excluding hydrogens is 238 g/mol. The Bertz CT molecular complexity index is 522. The van der Waals surface area contributed by atoms with Crippen molar-refractivity contribution in [3.8, 4) is 6.07 Å². The Morgan fingerprint density at radius 3 is 2.89 bits per heavy atom. The first-order valence-corrected chi connectivity index (χ1v) is 5.19. The minimum atomic E-state index is -1.38. The van der Waals surface area contributed by atoms with Crippen molar-refractivity contribution in [3.63, 3.8) is 0 Å². The van der Waals surface area contributed by atoms with Crippen molar-refractivity contribution in [1.82, 2.24) is 4.98 Å². The summed E-state index contributed by atoms with van der Waals surface area (Å²) in [6.45, 7) is 3.20. The molecule has 1 aromatic rings. The van der Waals surface area contributed by atoms with Crippen LogP contribution in [0.1, 0.15) is 24.1 Å². The van der Waals surface area contributed by atoms with E-state index in [1.165, 1.54) is 19.2 Å². The smallest absolute Gasteiger partial charge is 0.329 e. The highest BCUT2D eigenvalue weighted by Gasteiger charge is 2.32. The lowest BCUT2D eigenvalue weighted by Gasteiger charge is -2.09. The SMILES string of the molecule is CCOC(=O)C(C#N)c1nccc(C)c1[N+](=O)[O-]. The van der Waals surface area contributed by atoms with E-state index < -0.39 is 16.8 Å². The Labute approximate surface area is 103 Å². The average molecular weight is 249 g/mol. The van der Waals surface area contributed by atoms with Crippen LogP contribution in [0.25, 0.3) is 0 Å². The maximum atomic E-state index is 11.6. The molecule has 94 valence electrons. The van der Waals surface area contributed by atoms with Crippen LogP contribution < -0.4 is 0 Å². The minimum Gasteiger partial charge on any atom is -0.465 e. The first-order chi connectivity index (χ1) is 8.52. The molecule has 18 heavy (non-hydrogen) atoms. The van der Waals surface area contributed by atoms with E-state index in [0.717, 1.165) is 0 Å². The molecule has 1 atom stereocenters. The number of rotatable bonds is 4. The van der Waals surface area contributed by atoms with Gasteiger partial charge in [0.25, 0.3) is 5.69 Å². The lowest BCUT2D eigenvalue weighted by Crippen LogP contribution is -2.17. The zero-order valence-corrected chi connectivity index (χ0v) is 9.91. The van der Waals surface area contributed by atoms with Gasteiger partial charge in [0.05, 0.1) is 17.6 Å². The van der Waals surface area contributed by atoms with Crippen molar-refractivity contribution in [2.24, 2.45) is 0 Å². The molecule has 0 bridgehead atoms. The van der Waals surface area contributed by atoms with E-state index in [4.69, 9.17) is 10.00 Å². The molecule has 7 heteroatoms. The Hall–Kier alpha value is -2.49. The van der Waals surface area contributed by atoms with Gasteiger partial charge in [0, 0.05) is 11.8 Å². The highest BCUT2D eigenvalue weighted by Crippen LogP contribution is 2.28. The molecule has 0 aromatic carbocycles. The zero-order chi connectivity index (χ0) is 13.7. The van der Waals surface area contributed by atoms with Gasteiger partial charge in [0.2, 0.25) is 0 Å². The second-order valence-electron chi connectivity index (χ2n) is 3.43. The van der Waals surface area contributed by atoms with E-state index in [9.17, 15) is 14.9 Å². The lowest BCUT2D eigenvalue weighted by atomic mass is 10.0. The zero-order valence-electron chi connectivity index (χ0n) is 9.91. The summed E-state index contributed by atoms with van der Waals surface area (Å²) in [6, 6.07) is 3.13. The number of pyridine rings is 1. The highest BCUT2D eigenvalue weighted by molar-refractivity contribution is 5.82. The van der Waals surface area contributed by atoms with E-state index in [-0.39, 0.29) is 18.0 Å². The van der Waals surface area contributed by atoms with Crippen LogP contribution in [0, 0.1) is 28.4 Å². The summed E-state index contributed by atoms with van der Waals surface area (Å²) < 4.78 is 4.70. The molecule has 0 aliphatic carbocycles. The third-order valence-corrected chi connectivity index (χ3v) is 2.26. The Morgan fingerprint density at radius 2 is 2.39 bits per heavy atom. The van der Waals surface area contributed by atoms with Gasteiger partial charge in [-0.1, -0.05) is 0 Å². The van der Waals surface area contributed by atoms with Crippen molar-refractivity contribution in [3.05, 3.63) is 33.6 Å². The number of carbonyl (C=O) groups excluding carboxylic acids is 1. The predicted molar refractivity (Wildman–Crippen MR) is 60.6 cm³/mol. The van der Waals surface area contributed by atoms with Crippen LogP contribution in [0.2, 0.25) is 0 Å². The molecule has 1 rings (SSSR count). The van der Waals surface area contributed by atoms with Crippen molar-refractivity contribution in [1.29, 1.82) is 5.26 Å². The van der Waals surface area contributed by atoms with E-state index in [1.54, 1.807) is 13.0 Å². The van der Waals surface area contributed by atoms with Crippen molar-refractivity contribution in [2.45, 2.75) is 19.8 Å². The molecule has 1 aromatic heterocycles. The minimum absolute atomic E-state index is 0.0939. The number of nitro groups is 1. The number of nitriles is 1. The molecule has 0 radical (unpaired) electrons. The summed E-state index contributed by atoms with van der Waals surface area (Å²) >= 11 is 0. The van der Waals surface area contributed by atoms with Gasteiger partial charge in [-0.2, -0.15) is 5.26 Å². The van der Waals surface area contributed by atoms with Gasteiger partial charge in [0.1, 0.15) is 5.69 Å². The molecule has 0 saturated heterocycles. The molecular formula is C11H11N3O4. The molecule has 0 N–H and O–H groups in total. The summed E-state index contributed by atoms with van der Waals surface area (Å²) in [5.41, 5.74) is -0.160. The number of hydrogen-bond acceptors (Lipinski definition) is 6. The summed E-state index contributed by atoms with van der Waals surface area (Å²) in [6.07, 6.45) is 1.32. The molecule has 0 aliphatic heterocycles. The first-order valence-electron chi connectivity index (χ1n) is 5.19. The Kier molecular flexibility index (Phi) is 4.32. The van der Waals surface area contributed by atoms with Crippen molar-refractivity contribution >= 4 is 11.7 Å². The molecule has 0 aliphatic rings. The molecule has 0 spiro atoms. The summed E-state index contributed by atoms with van der Waals surface area (Å²) in [5, 5.41) is 19.9. The number of ether oxygens (including phenoxy) is 1. The van der Waals surface area contributed by atoms with Gasteiger partial charge in [-0.3, -0.25) is 19.9 Å². The molecule has 0 amide bonds. The van der Waals surface area contributed by atoms with Crippen LogP contribution >= 0.6 is 0 Å². The summed E-state index contributed by atoms with van der Waals surface area (Å²) in [5.74, 6) is -2.22. The van der Waals surface area contributed by atoms with E-state index in [2.05, 4.69) is 4.98 Å². The number of aromatic nitrogens is 1.